The number of fused-ring (bicyclic) bond motifs is 1. The largest absolute Gasteiger partial charge is 0.328 e. The van der Waals surface area contributed by atoms with E-state index in [-0.39, 0.29) is 0 Å². The second kappa shape index (κ2) is 2.81. The predicted octanol–water partition coefficient (Wildman–Crippen LogP) is 2.93. The van der Waals surface area contributed by atoms with E-state index in [1.165, 1.54) is 18.5 Å². The van der Waals surface area contributed by atoms with E-state index in [0.717, 1.165) is 0 Å². The second-order valence-electron chi connectivity index (χ2n) is 3.77. The molecule has 1 aromatic heterocycles. The topological polar surface area (TPSA) is 4.93 Å². The van der Waals surface area contributed by atoms with Gasteiger partial charge in [0, 0.05) is 18.1 Å². The molecule has 0 N–H and O–H groups in total. The lowest BCUT2D eigenvalue weighted by molar-refractivity contribution is 0.685. The molecule has 2 rings (SSSR count). The quantitative estimate of drug-likeness (QED) is 0.596. The maximum atomic E-state index is 2.28. The first-order valence-corrected chi connectivity index (χ1v) is 4.63. The molecular weight excluding hydrogens is 146 g/mol. The summed E-state index contributed by atoms with van der Waals surface area (Å²) in [7, 11) is 0. The predicted molar refractivity (Wildman–Crippen MR) is 51.9 cm³/mol. The first-order chi connectivity index (χ1) is 5.77. The summed E-state index contributed by atoms with van der Waals surface area (Å²) in [5, 5.41) is 0. The highest BCUT2D eigenvalue weighted by Gasteiger charge is 2.10. The molecule has 1 aliphatic heterocycles. The maximum absolute atomic E-state index is 2.28. The van der Waals surface area contributed by atoms with E-state index < -0.39 is 0 Å². The lowest BCUT2D eigenvalue weighted by atomic mass is 9.97. The highest BCUT2D eigenvalue weighted by Crippen LogP contribution is 2.23. The van der Waals surface area contributed by atoms with Crippen LogP contribution in [0.4, 0.5) is 0 Å². The molecule has 12 heavy (non-hydrogen) atoms. The van der Waals surface area contributed by atoms with Gasteiger partial charge in [-0.1, -0.05) is 19.4 Å². The molecule has 64 valence electrons. The minimum atomic E-state index is 0.695. The van der Waals surface area contributed by atoms with Gasteiger partial charge in [-0.25, -0.2) is 0 Å². The molecule has 0 aliphatic carbocycles. The lowest BCUT2D eigenvalue weighted by Gasteiger charge is -2.18. The van der Waals surface area contributed by atoms with E-state index >= 15 is 0 Å². The van der Waals surface area contributed by atoms with E-state index in [2.05, 4.69) is 42.9 Å². The minimum absolute atomic E-state index is 0.695. The summed E-state index contributed by atoms with van der Waals surface area (Å²) in [5.41, 5.74) is 3.01. The molecule has 0 saturated carbocycles. The Bertz CT molecular complexity index is 305. The van der Waals surface area contributed by atoms with E-state index in [0.29, 0.717) is 5.92 Å². The normalized spacial score (nSPS) is 16.1. The molecule has 0 atom stereocenters. The molecule has 0 radical (unpaired) electrons. The van der Waals surface area contributed by atoms with Crippen LogP contribution in [0.25, 0.3) is 6.20 Å². The van der Waals surface area contributed by atoms with Gasteiger partial charge in [-0.05, 0) is 30.9 Å². The Kier molecular flexibility index (Phi) is 1.80. The molecular formula is C11H15N. The number of rotatable bonds is 1. The first kappa shape index (κ1) is 7.66. The van der Waals surface area contributed by atoms with Crippen molar-refractivity contribution in [2.24, 2.45) is 5.92 Å². The van der Waals surface area contributed by atoms with Gasteiger partial charge in [0.05, 0.1) is 0 Å². The number of allylic oxidation sites excluding steroid dienone is 1. The molecule has 0 amide bonds. The van der Waals surface area contributed by atoms with Gasteiger partial charge in [0.25, 0.3) is 0 Å². The van der Waals surface area contributed by atoms with Crippen molar-refractivity contribution >= 4 is 6.20 Å². The third kappa shape index (κ3) is 1.20. The summed E-state index contributed by atoms with van der Waals surface area (Å²) in [6.07, 6.45) is 6.86. The SMILES string of the molecule is CC(C)C1=Cn2cccc2CC1. The van der Waals surface area contributed by atoms with Crippen molar-refractivity contribution < 1.29 is 0 Å². The van der Waals surface area contributed by atoms with Crippen molar-refractivity contribution in [2.45, 2.75) is 26.7 Å². The first-order valence-electron chi connectivity index (χ1n) is 4.63. The highest BCUT2D eigenvalue weighted by molar-refractivity contribution is 5.39. The fourth-order valence-electron chi connectivity index (χ4n) is 1.72. The van der Waals surface area contributed by atoms with Crippen molar-refractivity contribution in [1.29, 1.82) is 0 Å². The molecule has 1 heteroatoms. The summed E-state index contributed by atoms with van der Waals surface area (Å²) in [4.78, 5) is 0. The van der Waals surface area contributed by atoms with Gasteiger partial charge in [0.1, 0.15) is 0 Å². The van der Waals surface area contributed by atoms with Crippen LogP contribution in [0.5, 0.6) is 0 Å². The Labute approximate surface area is 73.7 Å². The van der Waals surface area contributed by atoms with Crippen LogP contribution < -0.4 is 0 Å². The summed E-state index contributed by atoms with van der Waals surface area (Å²) in [6, 6.07) is 4.32. The number of hydrogen-bond acceptors (Lipinski definition) is 0. The fraction of sp³-hybridized carbons (Fsp3) is 0.455. The van der Waals surface area contributed by atoms with Gasteiger partial charge < -0.3 is 4.57 Å². The minimum Gasteiger partial charge on any atom is -0.328 e. The van der Waals surface area contributed by atoms with Crippen LogP contribution in [0, 0.1) is 5.92 Å². The van der Waals surface area contributed by atoms with E-state index in [1.807, 2.05) is 0 Å². The van der Waals surface area contributed by atoms with Crippen LogP contribution in [0.1, 0.15) is 26.0 Å². The standard InChI is InChI=1S/C11H15N/c1-9(2)10-5-6-11-4-3-7-12(11)8-10/h3-4,7-9H,5-6H2,1-2H3. The van der Waals surface area contributed by atoms with Crippen molar-refractivity contribution in [1.82, 2.24) is 4.57 Å². The monoisotopic (exact) mass is 161 g/mol. The molecule has 1 aromatic rings. The molecule has 0 aromatic carbocycles. The Morgan fingerprint density at radius 2 is 2.17 bits per heavy atom. The van der Waals surface area contributed by atoms with Crippen LogP contribution >= 0.6 is 0 Å². The lowest BCUT2D eigenvalue weighted by Crippen LogP contribution is -2.07. The van der Waals surface area contributed by atoms with Gasteiger partial charge in [0.15, 0.2) is 0 Å². The number of aromatic nitrogens is 1. The van der Waals surface area contributed by atoms with Crippen LogP contribution in [-0.4, -0.2) is 4.57 Å². The van der Waals surface area contributed by atoms with Crippen LogP contribution in [0.15, 0.2) is 23.9 Å². The molecule has 1 nitrogen and oxygen atoms in total. The zero-order valence-corrected chi connectivity index (χ0v) is 7.75. The van der Waals surface area contributed by atoms with Crippen molar-refractivity contribution in [3.63, 3.8) is 0 Å². The molecule has 0 saturated heterocycles. The summed E-state index contributed by atoms with van der Waals surface area (Å²) < 4.78 is 2.25. The zero-order valence-electron chi connectivity index (χ0n) is 7.75. The second-order valence-corrected chi connectivity index (χ2v) is 3.77. The molecule has 2 heterocycles. The van der Waals surface area contributed by atoms with E-state index in [4.69, 9.17) is 0 Å². The highest BCUT2D eigenvalue weighted by atomic mass is 14.9. The van der Waals surface area contributed by atoms with Gasteiger partial charge in [-0.2, -0.15) is 0 Å². The van der Waals surface area contributed by atoms with Crippen molar-refractivity contribution in [3.05, 3.63) is 29.6 Å². The Hall–Kier alpha value is -0.980. The molecule has 0 spiro atoms. The molecule has 0 unspecified atom stereocenters. The number of hydrogen-bond donors (Lipinski definition) is 0. The molecule has 0 fully saturated rings. The van der Waals surface area contributed by atoms with Crippen LogP contribution in [0.3, 0.4) is 0 Å². The zero-order chi connectivity index (χ0) is 8.55. The average molecular weight is 161 g/mol. The van der Waals surface area contributed by atoms with Crippen LogP contribution in [0.2, 0.25) is 0 Å². The number of nitrogens with zero attached hydrogens (tertiary/aromatic N) is 1. The van der Waals surface area contributed by atoms with Crippen LogP contribution in [-0.2, 0) is 6.42 Å². The summed E-state index contributed by atoms with van der Waals surface area (Å²) in [5.74, 6) is 0.695. The summed E-state index contributed by atoms with van der Waals surface area (Å²) >= 11 is 0. The van der Waals surface area contributed by atoms with Gasteiger partial charge in [-0.15, -0.1) is 0 Å². The van der Waals surface area contributed by atoms with E-state index in [9.17, 15) is 0 Å². The Morgan fingerprint density at radius 1 is 1.33 bits per heavy atom. The third-order valence-electron chi connectivity index (χ3n) is 2.58. The van der Waals surface area contributed by atoms with Gasteiger partial charge >= 0.3 is 0 Å². The third-order valence-corrected chi connectivity index (χ3v) is 2.58. The van der Waals surface area contributed by atoms with Crippen molar-refractivity contribution in [3.8, 4) is 0 Å². The smallest absolute Gasteiger partial charge is 0.0224 e. The van der Waals surface area contributed by atoms with Gasteiger partial charge in [0.2, 0.25) is 0 Å². The molecule has 1 aliphatic rings. The summed E-state index contributed by atoms with van der Waals surface area (Å²) in [6.45, 7) is 4.53. The number of aryl methyl sites for hydroxylation is 1. The van der Waals surface area contributed by atoms with E-state index in [1.54, 1.807) is 5.57 Å². The van der Waals surface area contributed by atoms with Gasteiger partial charge in [-0.3, -0.25) is 0 Å². The average Bonchev–Trinajstić information content (AvgIpc) is 2.49. The molecule has 0 bridgehead atoms. The Morgan fingerprint density at radius 3 is 2.92 bits per heavy atom. The fourth-order valence-corrected chi connectivity index (χ4v) is 1.72. The Balaban J connectivity index is 2.35. The maximum Gasteiger partial charge on any atom is 0.0224 e. The van der Waals surface area contributed by atoms with Crippen molar-refractivity contribution in [2.75, 3.05) is 0 Å².